The Bertz CT molecular complexity index is 1190. The smallest absolute Gasteiger partial charge is 0.347 e. The molecule has 0 spiro atoms. The van der Waals surface area contributed by atoms with Crippen LogP contribution < -0.4 is 9.64 Å². The van der Waals surface area contributed by atoms with Crippen LogP contribution in [0.25, 0.3) is 10.2 Å². The van der Waals surface area contributed by atoms with Crippen molar-refractivity contribution in [1.82, 2.24) is 4.98 Å². The zero-order chi connectivity index (χ0) is 24.0. The van der Waals surface area contributed by atoms with Crippen molar-refractivity contribution in [2.45, 2.75) is 38.7 Å². The number of carboxylic acid groups (broad SMARTS) is 1. The number of carboxylic acids is 1. The second-order valence-corrected chi connectivity index (χ2v) is 9.86. The zero-order valence-corrected chi connectivity index (χ0v) is 20.4. The van der Waals surface area contributed by atoms with Crippen LogP contribution in [0.3, 0.4) is 0 Å². The first kappa shape index (κ1) is 23.8. The molecule has 0 aliphatic heterocycles. The molecule has 5 nitrogen and oxygen atoms in total. The number of anilines is 1. The molecule has 0 amide bonds. The topological polar surface area (TPSA) is 62.7 Å². The normalized spacial score (nSPS) is 11.5. The summed E-state index contributed by atoms with van der Waals surface area (Å²) in [5, 5.41) is 10.3. The SMILES string of the molecule is CC(C)(Oc1ccc(CCCN(CCc2ccccc2)c2nc3ccccc3s2)cc1)C(=O)O. The Morgan fingerprint density at radius 3 is 2.29 bits per heavy atom. The van der Waals surface area contributed by atoms with Crippen LogP contribution in [0, 0.1) is 0 Å². The van der Waals surface area contributed by atoms with Gasteiger partial charge in [-0.25, -0.2) is 9.78 Å². The monoisotopic (exact) mass is 474 g/mol. The molecule has 0 atom stereocenters. The number of thiazole rings is 1. The van der Waals surface area contributed by atoms with Crippen molar-refractivity contribution < 1.29 is 14.6 Å². The number of aromatic nitrogens is 1. The minimum atomic E-state index is -1.25. The molecule has 6 heteroatoms. The van der Waals surface area contributed by atoms with Gasteiger partial charge in [-0.3, -0.25) is 0 Å². The van der Waals surface area contributed by atoms with Crippen LogP contribution in [-0.4, -0.2) is 34.8 Å². The number of rotatable bonds is 11. The third-order valence-corrected chi connectivity index (χ3v) is 6.87. The van der Waals surface area contributed by atoms with E-state index < -0.39 is 11.6 Å². The fourth-order valence-electron chi connectivity index (χ4n) is 3.74. The first-order chi connectivity index (χ1) is 16.4. The second kappa shape index (κ2) is 10.7. The molecule has 34 heavy (non-hydrogen) atoms. The van der Waals surface area contributed by atoms with E-state index in [9.17, 15) is 9.90 Å². The summed E-state index contributed by atoms with van der Waals surface area (Å²) in [4.78, 5) is 18.6. The number of aryl methyl sites for hydroxylation is 1. The summed E-state index contributed by atoms with van der Waals surface area (Å²) in [7, 11) is 0. The van der Waals surface area contributed by atoms with Gasteiger partial charge in [0.15, 0.2) is 10.7 Å². The minimum absolute atomic E-state index is 0.565. The summed E-state index contributed by atoms with van der Waals surface area (Å²) in [5.41, 5.74) is 2.33. The molecule has 1 aromatic heterocycles. The van der Waals surface area contributed by atoms with E-state index in [0.717, 1.165) is 43.0 Å². The Labute approximate surface area is 204 Å². The van der Waals surface area contributed by atoms with Crippen molar-refractivity contribution in [3.63, 3.8) is 0 Å². The number of fused-ring (bicyclic) bond motifs is 1. The Hall–Kier alpha value is -3.38. The van der Waals surface area contributed by atoms with Gasteiger partial charge in [0.2, 0.25) is 0 Å². The lowest BCUT2D eigenvalue weighted by Crippen LogP contribution is -2.37. The molecular weight excluding hydrogens is 444 g/mol. The largest absolute Gasteiger partial charge is 0.478 e. The van der Waals surface area contributed by atoms with Crippen LogP contribution in [0.1, 0.15) is 31.4 Å². The molecule has 0 radical (unpaired) electrons. The predicted molar refractivity (Wildman–Crippen MR) is 139 cm³/mol. The van der Waals surface area contributed by atoms with E-state index in [1.165, 1.54) is 15.8 Å². The van der Waals surface area contributed by atoms with Crippen LogP contribution in [0.15, 0.2) is 78.9 Å². The van der Waals surface area contributed by atoms with Gasteiger partial charge in [-0.2, -0.15) is 0 Å². The van der Waals surface area contributed by atoms with E-state index in [0.29, 0.717) is 5.75 Å². The third kappa shape index (κ3) is 6.14. The molecule has 1 heterocycles. The maximum Gasteiger partial charge on any atom is 0.347 e. The van der Waals surface area contributed by atoms with Crippen molar-refractivity contribution in [1.29, 1.82) is 0 Å². The highest BCUT2D eigenvalue weighted by Gasteiger charge is 2.29. The molecule has 0 saturated heterocycles. The molecular formula is C28H30N2O3S. The van der Waals surface area contributed by atoms with Crippen molar-refractivity contribution >= 4 is 32.7 Å². The minimum Gasteiger partial charge on any atom is -0.478 e. The van der Waals surface area contributed by atoms with E-state index in [1.807, 2.05) is 36.4 Å². The summed E-state index contributed by atoms with van der Waals surface area (Å²) >= 11 is 1.75. The number of nitrogens with zero attached hydrogens (tertiary/aromatic N) is 2. The van der Waals surface area contributed by atoms with Gasteiger partial charge in [-0.05, 0) is 68.5 Å². The van der Waals surface area contributed by atoms with Crippen LogP contribution >= 0.6 is 11.3 Å². The van der Waals surface area contributed by atoms with Gasteiger partial charge in [-0.1, -0.05) is 65.9 Å². The summed E-state index contributed by atoms with van der Waals surface area (Å²) < 4.78 is 6.82. The van der Waals surface area contributed by atoms with Crippen molar-refractivity contribution in [3.8, 4) is 5.75 Å². The number of ether oxygens (including phenoxy) is 1. The number of hydrogen-bond donors (Lipinski definition) is 1. The highest BCUT2D eigenvalue weighted by Crippen LogP contribution is 2.29. The number of carbonyl (C=O) groups is 1. The van der Waals surface area contributed by atoms with E-state index in [-0.39, 0.29) is 0 Å². The van der Waals surface area contributed by atoms with E-state index in [4.69, 9.17) is 9.72 Å². The molecule has 0 fully saturated rings. The maximum absolute atomic E-state index is 11.3. The van der Waals surface area contributed by atoms with Gasteiger partial charge in [-0.15, -0.1) is 0 Å². The molecule has 4 rings (SSSR count). The Morgan fingerprint density at radius 1 is 0.912 bits per heavy atom. The molecule has 1 N–H and O–H groups in total. The molecule has 0 saturated carbocycles. The summed E-state index contributed by atoms with van der Waals surface area (Å²) in [6, 6.07) is 26.6. The fraction of sp³-hybridized carbons (Fsp3) is 0.286. The second-order valence-electron chi connectivity index (χ2n) is 8.85. The lowest BCUT2D eigenvalue weighted by Gasteiger charge is -2.22. The van der Waals surface area contributed by atoms with Gasteiger partial charge in [0.25, 0.3) is 0 Å². The Balaban J connectivity index is 1.39. The van der Waals surface area contributed by atoms with Gasteiger partial charge in [0, 0.05) is 13.1 Å². The van der Waals surface area contributed by atoms with Crippen molar-refractivity contribution in [3.05, 3.63) is 90.0 Å². The lowest BCUT2D eigenvalue weighted by molar-refractivity contribution is -0.152. The number of hydrogen-bond acceptors (Lipinski definition) is 5. The number of benzene rings is 3. The fourth-order valence-corrected chi connectivity index (χ4v) is 4.76. The maximum atomic E-state index is 11.3. The van der Waals surface area contributed by atoms with Crippen LogP contribution in [0.5, 0.6) is 5.75 Å². The van der Waals surface area contributed by atoms with Gasteiger partial charge >= 0.3 is 5.97 Å². The quantitative estimate of drug-likeness (QED) is 0.280. The Kier molecular flexibility index (Phi) is 7.48. The average Bonchev–Trinajstić information content (AvgIpc) is 3.27. The average molecular weight is 475 g/mol. The van der Waals surface area contributed by atoms with Crippen molar-refractivity contribution in [2.75, 3.05) is 18.0 Å². The van der Waals surface area contributed by atoms with Gasteiger partial charge < -0.3 is 14.7 Å². The standard InChI is InChI=1S/C28H30N2O3S/c1-28(2,26(31)32)33-23-16-14-22(15-17-23)11-8-19-30(20-18-21-9-4-3-5-10-21)27-29-24-12-6-7-13-25(24)34-27/h3-7,9-10,12-17H,8,11,18-20H2,1-2H3,(H,31,32). The summed E-state index contributed by atoms with van der Waals surface area (Å²) in [5.74, 6) is -0.419. The molecule has 4 aromatic rings. The van der Waals surface area contributed by atoms with Crippen LogP contribution in [-0.2, 0) is 17.6 Å². The molecule has 0 aliphatic carbocycles. The van der Waals surface area contributed by atoms with Crippen LogP contribution in [0.2, 0.25) is 0 Å². The van der Waals surface area contributed by atoms with Crippen LogP contribution in [0.4, 0.5) is 5.13 Å². The van der Waals surface area contributed by atoms with Crippen molar-refractivity contribution in [2.24, 2.45) is 0 Å². The number of para-hydroxylation sites is 1. The third-order valence-electron chi connectivity index (χ3n) is 5.77. The van der Waals surface area contributed by atoms with E-state index in [2.05, 4.69) is 47.4 Å². The first-order valence-corrected chi connectivity index (χ1v) is 12.4. The summed E-state index contributed by atoms with van der Waals surface area (Å²) in [6.07, 6.45) is 2.89. The summed E-state index contributed by atoms with van der Waals surface area (Å²) in [6.45, 7) is 4.93. The molecule has 0 aliphatic rings. The molecule has 3 aromatic carbocycles. The predicted octanol–water partition coefficient (Wildman–Crippen LogP) is 6.22. The lowest BCUT2D eigenvalue weighted by atomic mass is 10.1. The number of aliphatic carboxylic acids is 1. The van der Waals surface area contributed by atoms with E-state index in [1.54, 1.807) is 25.2 Å². The highest BCUT2D eigenvalue weighted by molar-refractivity contribution is 7.22. The van der Waals surface area contributed by atoms with E-state index >= 15 is 0 Å². The first-order valence-electron chi connectivity index (χ1n) is 11.6. The highest BCUT2D eigenvalue weighted by atomic mass is 32.1. The molecule has 0 unspecified atom stereocenters. The van der Waals surface area contributed by atoms with Gasteiger partial charge in [0.05, 0.1) is 10.2 Å². The molecule has 176 valence electrons. The Morgan fingerprint density at radius 2 is 1.59 bits per heavy atom. The zero-order valence-electron chi connectivity index (χ0n) is 19.6. The van der Waals surface area contributed by atoms with Gasteiger partial charge in [0.1, 0.15) is 5.75 Å². The molecule has 0 bridgehead atoms.